The summed E-state index contributed by atoms with van der Waals surface area (Å²) in [6.07, 6.45) is 0. The van der Waals surface area contributed by atoms with Gasteiger partial charge in [-0.25, -0.2) is 13.2 Å². The number of benzene rings is 2. The first-order valence-corrected chi connectivity index (χ1v) is 9.54. The van der Waals surface area contributed by atoms with Crippen molar-refractivity contribution in [3.05, 3.63) is 59.7 Å². The van der Waals surface area contributed by atoms with Gasteiger partial charge in [-0.05, 0) is 42.0 Å². The largest absolute Gasteiger partial charge is 0.497 e. The van der Waals surface area contributed by atoms with Crippen LogP contribution < -0.4 is 10.1 Å². The molecule has 0 spiro atoms. The Morgan fingerprint density at radius 3 is 2.31 bits per heavy atom. The van der Waals surface area contributed by atoms with Crippen LogP contribution in [0.3, 0.4) is 0 Å². The van der Waals surface area contributed by atoms with E-state index in [0.717, 1.165) is 5.56 Å². The maximum Gasteiger partial charge on any atom is 0.335 e. The van der Waals surface area contributed by atoms with E-state index in [0.29, 0.717) is 25.4 Å². The number of hydrogen-bond acceptors (Lipinski definition) is 5. The zero-order chi connectivity index (χ0) is 18.7. The summed E-state index contributed by atoms with van der Waals surface area (Å²) in [6, 6.07) is 13.0. The fourth-order valence-corrected chi connectivity index (χ4v) is 4.22. The summed E-state index contributed by atoms with van der Waals surface area (Å²) in [5, 5.41) is 12.2. The van der Waals surface area contributed by atoms with Crippen LogP contribution in [0, 0.1) is 0 Å². The Balaban J connectivity index is 1.52. The average molecular weight is 376 g/mol. The minimum Gasteiger partial charge on any atom is -0.497 e. The van der Waals surface area contributed by atoms with Gasteiger partial charge in [-0.15, -0.1) is 0 Å². The Bertz CT molecular complexity index is 873. The minimum absolute atomic E-state index is 0.0715. The van der Waals surface area contributed by atoms with Crippen molar-refractivity contribution in [1.82, 2.24) is 9.62 Å². The van der Waals surface area contributed by atoms with Gasteiger partial charge < -0.3 is 15.2 Å². The number of nitrogens with zero attached hydrogens (tertiary/aromatic N) is 1. The Morgan fingerprint density at radius 1 is 1.15 bits per heavy atom. The first-order chi connectivity index (χ1) is 12.4. The quantitative estimate of drug-likeness (QED) is 0.761. The van der Waals surface area contributed by atoms with Gasteiger partial charge in [-0.1, -0.05) is 12.1 Å². The molecular formula is C18H20N2O5S. The molecule has 7 nitrogen and oxygen atoms in total. The number of carbonyl (C=O) groups is 1. The van der Waals surface area contributed by atoms with Crippen LogP contribution in [-0.2, 0) is 16.6 Å². The summed E-state index contributed by atoms with van der Waals surface area (Å²) in [5.41, 5.74) is 1.20. The van der Waals surface area contributed by atoms with E-state index in [1.54, 1.807) is 48.5 Å². The molecule has 0 aromatic heterocycles. The lowest BCUT2D eigenvalue weighted by Gasteiger charge is -2.38. The van der Waals surface area contributed by atoms with Gasteiger partial charge in [0.05, 0.1) is 17.6 Å². The molecule has 1 aliphatic rings. The van der Waals surface area contributed by atoms with E-state index in [2.05, 4.69) is 5.32 Å². The van der Waals surface area contributed by atoms with Crippen molar-refractivity contribution in [1.29, 1.82) is 0 Å². The number of aromatic carboxylic acids is 1. The van der Waals surface area contributed by atoms with Crippen LogP contribution >= 0.6 is 0 Å². The molecule has 1 heterocycles. The fourth-order valence-electron chi connectivity index (χ4n) is 2.69. The third-order valence-corrected chi connectivity index (χ3v) is 6.19. The molecule has 2 aromatic rings. The molecule has 0 radical (unpaired) electrons. The van der Waals surface area contributed by atoms with E-state index in [9.17, 15) is 13.2 Å². The molecule has 1 fully saturated rings. The normalized spacial score (nSPS) is 15.4. The van der Waals surface area contributed by atoms with Crippen LogP contribution in [0.1, 0.15) is 15.9 Å². The number of carboxylic acid groups (broad SMARTS) is 1. The van der Waals surface area contributed by atoms with E-state index in [1.165, 1.54) is 11.4 Å². The van der Waals surface area contributed by atoms with Crippen molar-refractivity contribution in [3.8, 4) is 5.75 Å². The molecule has 0 saturated carbocycles. The molecule has 26 heavy (non-hydrogen) atoms. The maximum absolute atomic E-state index is 12.5. The SMILES string of the molecule is COc1ccc(S(=O)(=O)N2CC(NCc3ccc(C(=O)O)cc3)C2)cc1. The number of sulfonamides is 1. The predicted molar refractivity (Wildman–Crippen MR) is 95.8 cm³/mol. The first kappa shape index (κ1) is 18.4. The summed E-state index contributed by atoms with van der Waals surface area (Å²) in [4.78, 5) is 11.1. The summed E-state index contributed by atoms with van der Waals surface area (Å²) < 4.78 is 31.5. The standard InChI is InChI=1S/C18H20N2O5S/c1-25-16-6-8-17(9-7-16)26(23,24)20-11-15(12-20)19-10-13-2-4-14(5-3-13)18(21)22/h2-9,15,19H,10-12H2,1H3,(H,21,22). The van der Waals surface area contributed by atoms with Crippen LogP contribution in [0.4, 0.5) is 0 Å². The van der Waals surface area contributed by atoms with Crippen LogP contribution in [0.25, 0.3) is 0 Å². The molecular weight excluding hydrogens is 356 g/mol. The predicted octanol–water partition coefficient (Wildman–Crippen LogP) is 1.56. The molecule has 1 aliphatic heterocycles. The number of carboxylic acids is 1. The van der Waals surface area contributed by atoms with E-state index >= 15 is 0 Å². The second-order valence-electron chi connectivity index (χ2n) is 6.08. The first-order valence-electron chi connectivity index (χ1n) is 8.10. The lowest BCUT2D eigenvalue weighted by atomic mass is 10.1. The summed E-state index contributed by atoms with van der Waals surface area (Å²) in [7, 11) is -1.95. The highest BCUT2D eigenvalue weighted by Gasteiger charge is 2.36. The molecule has 8 heteroatoms. The van der Waals surface area contributed by atoms with E-state index < -0.39 is 16.0 Å². The topological polar surface area (TPSA) is 95.9 Å². The zero-order valence-corrected chi connectivity index (χ0v) is 15.1. The van der Waals surface area contributed by atoms with Crippen molar-refractivity contribution in [2.75, 3.05) is 20.2 Å². The number of hydrogen-bond donors (Lipinski definition) is 2. The van der Waals surface area contributed by atoms with Crippen LogP contribution in [-0.4, -0.2) is 50.0 Å². The summed E-state index contributed by atoms with van der Waals surface area (Å²) in [5.74, 6) is -0.344. The second-order valence-corrected chi connectivity index (χ2v) is 8.02. The van der Waals surface area contributed by atoms with Gasteiger partial charge >= 0.3 is 5.97 Å². The van der Waals surface area contributed by atoms with Crippen molar-refractivity contribution in [2.24, 2.45) is 0 Å². The Morgan fingerprint density at radius 2 is 1.77 bits per heavy atom. The molecule has 138 valence electrons. The molecule has 0 unspecified atom stereocenters. The third-order valence-electron chi connectivity index (χ3n) is 4.34. The average Bonchev–Trinajstić information content (AvgIpc) is 2.60. The van der Waals surface area contributed by atoms with E-state index in [-0.39, 0.29) is 16.5 Å². The summed E-state index contributed by atoms with van der Waals surface area (Å²) >= 11 is 0. The van der Waals surface area contributed by atoms with Gasteiger partial charge in [0.25, 0.3) is 0 Å². The highest BCUT2D eigenvalue weighted by atomic mass is 32.2. The highest BCUT2D eigenvalue weighted by molar-refractivity contribution is 7.89. The van der Waals surface area contributed by atoms with Crippen LogP contribution in [0.2, 0.25) is 0 Å². The van der Waals surface area contributed by atoms with Crippen LogP contribution in [0.5, 0.6) is 5.75 Å². The monoisotopic (exact) mass is 376 g/mol. The molecule has 0 atom stereocenters. The van der Waals surface area contributed by atoms with Crippen molar-refractivity contribution < 1.29 is 23.1 Å². The Hall–Kier alpha value is -2.42. The van der Waals surface area contributed by atoms with Gasteiger partial charge in [-0.3, -0.25) is 0 Å². The lowest BCUT2D eigenvalue weighted by Crippen LogP contribution is -2.59. The number of ether oxygens (including phenoxy) is 1. The smallest absolute Gasteiger partial charge is 0.335 e. The van der Waals surface area contributed by atoms with Gasteiger partial charge in [0, 0.05) is 25.7 Å². The number of nitrogens with one attached hydrogen (secondary N) is 1. The second kappa shape index (κ2) is 7.45. The molecule has 2 N–H and O–H groups in total. The fraction of sp³-hybridized carbons (Fsp3) is 0.278. The lowest BCUT2D eigenvalue weighted by molar-refractivity contribution is 0.0697. The number of rotatable bonds is 7. The molecule has 0 aliphatic carbocycles. The molecule has 1 saturated heterocycles. The Kier molecular flexibility index (Phi) is 5.26. The van der Waals surface area contributed by atoms with Crippen LogP contribution in [0.15, 0.2) is 53.4 Å². The zero-order valence-electron chi connectivity index (χ0n) is 14.3. The van der Waals surface area contributed by atoms with Gasteiger partial charge in [0.2, 0.25) is 10.0 Å². The van der Waals surface area contributed by atoms with Gasteiger partial charge in [0.1, 0.15) is 5.75 Å². The Labute approximate surface area is 152 Å². The number of methoxy groups -OCH3 is 1. The molecule has 0 amide bonds. The third kappa shape index (κ3) is 3.87. The van der Waals surface area contributed by atoms with Gasteiger partial charge in [0.15, 0.2) is 0 Å². The van der Waals surface area contributed by atoms with E-state index in [1.807, 2.05) is 0 Å². The molecule has 3 rings (SSSR count). The van der Waals surface area contributed by atoms with E-state index in [4.69, 9.17) is 9.84 Å². The highest BCUT2D eigenvalue weighted by Crippen LogP contribution is 2.23. The molecule has 0 bridgehead atoms. The molecule has 2 aromatic carbocycles. The van der Waals surface area contributed by atoms with Crippen molar-refractivity contribution in [2.45, 2.75) is 17.5 Å². The summed E-state index contributed by atoms with van der Waals surface area (Å²) in [6.45, 7) is 1.37. The minimum atomic E-state index is -3.49. The van der Waals surface area contributed by atoms with Gasteiger partial charge in [-0.2, -0.15) is 4.31 Å². The maximum atomic E-state index is 12.5. The van der Waals surface area contributed by atoms with Crippen molar-refractivity contribution >= 4 is 16.0 Å². The van der Waals surface area contributed by atoms with Crippen molar-refractivity contribution in [3.63, 3.8) is 0 Å².